The summed E-state index contributed by atoms with van der Waals surface area (Å²) in [6.45, 7) is 4.36. The lowest BCUT2D eigenvalue weighted by Crippen LogP contribution is -2.23. The summed E-state index contributed by atoms with van der Waals surface area (Å²) in [5.41, 5.74) is 2.01. The molecule has 0 N–H and O–H groups in total. The fourth-order valence-corrected chi connectivity index (χ4v) is 1.88. The normalized spacial score (nSPS) is 17.2. The lowest BCUT2D eigenvalue weighted by atomic mass is 9.95. The van der Waals surface area contributed by atoms with Crippen LogP contribution < -0.4 is 0 Å². The molecule has 80 valence electrons. The van der Waals surface area contributed by atoms with Gasteiger partial charge in [0.05, 0.1) is 12.0 Å². The van der Waals surface area contributed by atoms with Crippen LogP contribution in [0, 0.1) is 6.92 Å². The van der Waals surface area contributed by atoms with Crippen LogP contribution in [0.2, 0.25) is 0 Å². The second-order valence-electron chi connectivity index (χ2n) is 4.17. The van der Waals surface area contributed by atoms with Crippen LogP contribution in [-0.4, -0.2) is 12.6 Å². The molecule has 2 nitrogen and oxygen atoms in total. The van der Waals surface area contributed by atoms with E-state index < -0.39 is 0 Å². The zero-order valence-electron chi connectivity index (χ0n) is 9.25. The van der Waals surface area contributed by atoms with Crippen molar-refractivity contribution < 1.29 is 9.53 Å². The third-order valence-corrected chi connectivity index (χ3v) is 3.02. The fourth-order valence-electron chi connectivity index (χ4n) is 1.88. The van der Waals surface area contributed by atoms with Crippen molar-refractivity contribution in [1.82, 2.24) is 0 Å². The largest absolute Gasteiger partial charge is 0.465 e. The van der Waals surface area contributed by atoms with E-state index in [0.717, 1.165) is 18.4 Å². The Morgan fingerprint density at radius 2 is 1.93 bits per heavy atom. The van der Waals surface area contributed by atoms with E-state index in [1.165, 1.54) is 5.56 Å². The van der Waals surface area contributed by atoms with Crippen LogP contribution in [0.3, 0.4) is 0 Å². The van der Waals surface area contributed by atoms with Gasteiger partial charge in [-0.05, 0) is 32.3 Å². The molecule has 1 saturated carbocycles. The van der Waals surface area contributed by atoms with Gasteiger partial charge < -0.3 is 4.74 Å². The van der Waals surface area contributed by atoms with Gasteiger partial charge in [-0.2, -0.15) is 0 Å². The van der Waals surface area contributed by atoms with Crippen LogP contribution in [0.15, 0.2) is 24.3 Å². The number of carbonyl (C=O) groups excluding carboxylic acids is 1. The van der Waals surface area contributed by atoms with Crippen LogP contribution in [0.25, 0.3) is 0 Å². The Morgan fingerprint density at radius 3 is 2.40 bits per heavy atom. The van der Waals surface area contributed by atoms with E-state index in [9.17, 15) is 4.79 Å². The number of esters is 1. The molecule has 2 rings (SSSR count). The zero-order chi connectivity index (χ0) is 10.9. The van der Waals surface area contributed by atoms with Gasteiger partial charge in [0.25, 0.3) is 0 Å². The molecule has 0 bridgehead atoms. The van der Waals surface area contributed by atoms with Crippen molar-refractivity contribution in [2.75, 3.05) is 6.61 Å². The van der Waals surface area contributed by atoms with Crippen molar-refractivity contribution >= 4 is 5.97 Å². The van der Waals surface area contributed by atoms with E-state index in [-0.39, 0.29) is 11.4 Å². The highest BCUT2D eigenvalue weighted by atomic mass is 16.5. The molecule has 1 aromatic rings. The number of hydrogen-bond donors (Lipinski definition) is 0. The molecule has 0 radical (unpaired) electrons. The molecule has 1 fully saturated rings. The standard InChI is InChI=1S/C13H16O2/c1-3-15-12(14)13(8-9-13)11-6-4-10(2)5-7-11/h4-7H,3,8-9H2,1-2H3. The summed E-state index contributed by atoms with van der Waals surface area (Å²) in [6, 6.07) is 8.18. The summed E-state index contributed by atoms with van der Waals surface area (Å²) in [4.78, 5) is 11.8. The van der Waals surface area contributed by atoms with E-state index in [4.69, 9.17) is 4.74 Å². The molecule has 0 spiro atoms. The minimum Gasteiger partial charge on any atom is -0.465 e. The summed E-state index contributed by atoms with van der Waals surface area (Å²) in [5.74, 6) is -0.0612. The molecule has 0 heterocycles. The minimum atomic E-state index is -0.316. The van der Waals surface area contributed by atoms with Gasteiger partial charge in [-0.25, -0.2) is 0 Å². The monoisotopic (exact) mass is 204 g/mol. The summed E-state index contributed by atoms with van der Waals surface area (Å²) in [7, 11) is 0. The molecular formula is C13H16O2. The van der Waals surface area contributed by atoms with Gasteiger partial charge in [0.2, 0.25) is 0 Å². The first-order chi connectivity index (χ1) is 7.19. The van der Waals surface area contributed by atoms with Crippen molar-refractivity contribution in [2.45, 2.75) is 32.1 Å². The summed E-state index contributed by atoms with van der Waals surface area (Å²) in [5, 5.41) is 0. The van der Waals surface area contributed by atoms with Crippen molar-refractivity contribution in [2.24, 2.45) is 0 Å². The molecule has 0 atom stereocenters. The maximum atomic E-state index is 11.8. The Morgan fingerprint density at radius 1 is 1.33 bits per heavy atom. The van der Waals surface area contributed by atoms with Gasteiger partial charge in [0.15, 0.2) is 0 Å². The number of rotatable bonds is 3. The van der Waals surface area contributed by atoms with Gasteiger partial charge >= 0.3 is 5.97 Å². The predicted octanol–water partition coefficient (Wildman–Crippen LogP) is 2.59. The molecule has 15 heavy (non-hydrogen) atoms. The van der Waals surface area contributed by atoms with Crippen molar-refractivity contribution in [3.05, 3.63) is 35.4 Å². The maximum Gasteiger partial charge on any atom is 0.316 e. The molecule has 1 aliphatic rings. The summed E-state index contributed by atoms with van der Waals surface area (Å²) >= 11 is 0. The van der Waals surface area contributed by atoms with Crippen LogP contribution in [0.5, 0.6) is 0 Å². The molecule has 2 heteroatoms. The van der Waals surface area contributed by atoms with Gasteiger partial charge in [-0.3, -0.25) is 4.79 Å². The minimum absolute atomic E-state index is 0.0612. The number of aryl methyl sites for hydroxylation is 1. The molecular weight excluding hydrogens is 188 g/mol. The van der Waals surface area contributed by atoms with Gasteiger partial charge in [0, 0.05) is 0 Å². The highest BCUT2D eigenvalue weighted by Crippen LogP contribution is 2.49. The average Bonchev–Trinajstić information content (AvgIpc) is 3.00. The second-order valence-corrected chi connectivity index (χ2v) is 4.17. The van der Waals surface area contributed by atoms with Crippen molar-refractivity contribution in [3.63, 3.8) is 0 Å². The predicted molar refractivity (Wildman–Crippen MR) is 58.7 cm³/mol. The first-order valence-electron chi connectivity index (χ1n) is 5.43. The van der Waals surface area contributed by atoms with Crippen LogP contribution in [0.1, 0.15) is 30.9 Å². The van der Waals surface area contributed by atoms with E-state index in [2.05, 4.69) is 12.1 Å². The third kappa shape index (κ3) is 1.76. The van der Waals surface area contributed by atoms with Crippen molar-refractivity contribution in [1.29, 1.82) is 0 Å². The average molecular weight is 204 g/mol. The van der Waals surface area contributed by atoms with E-state index >= 15 is 0 Å². The van der Waals surface area contributed by atoms with Gasteiger partial charge in [0.1, 0.15) is 0 Å². The molecule has 0 aliphatic heterocycles. The van der Waals surface area contributed by atoms with Gasteiger partial charge in [-0.15, -0.1) is 0 Å². The number of ether oxygens (including phenoxy) is 1. The van der Waals surface area contributed by atoms with Crippen molar-refractivity contribution in [3.8, 4) is 0 Å². The van der Waals surface area contributed by atoms with Gasteiger partial charge in [-0.1, -0.05) is 29.8 Å². The molecule has 1 aliphatic carbocycles. The molecule has 1 aromatic carbocycles. The van der Waals surface area contributed by atoms with Crippen LogP contribution >= 0.6 is 0 Å². The first kappa shape index (κ1) is 10.2. The van der Waals surface area contributed by atoms with E-state index in [1.54, 1.807) is 0 Å². The topological polar surface area (TPSA) is 26.3 Å². The number of carbonyl (C=O) groups is 1. The Labute approximate surface area is 90.3 Å². The Balaban J connectivity index is 2.22. The lowest BCUT2D eigenvalue weighted by Gasteiger charge is -2.14. The quantitative estimate of drug-likeness (QED) is 0.707. The number of hydrogen-bond acceptors (Lipinski definition) is 2. The maximum absolute atomic E-state index is 11.8. The molecule has 0 unspecified atom stereocenters. The van der Waals surface area contributed by atoms with Crippen LogP contribution in [0.4, 0.5) is 0 Å². The van der Waals surface area contributed by atoms with E-state index in [1.807, 2.05) is 26.0 Å². The number of benzene rings is 1. The Kier molecular flexibility index (Phi) is 2.51. The molecule has 0 saturated heterocycles. The van der Waals surface area contributed by atoms with E-state index in [0.29, 0.717) is 6.61 Å². The first-order valence-corrected chi connectivity index (χ1v) is 5.43. The second kappa shape index (κ2) is 3.69. The lowest BCUT2D eigenvalue weighted by molar-refractivity contribution is -0.146. The molecule has 0 amide bonds. The SMILES string of the molecule is CCOC(=O)C1(c2ccc(C)cc2)CC1. The smallest absolute Gasteiger partial charge is 0.316 e. The summed E-state index contributed by atoms with van der Waals surface area (Å²) < 4.78 is 5.11. The fraction of sp³-hybridized carbons (Fsp3) is 0.462. The Hall–Kier alpha value is -1.31. The highest BCUT2D eigenvalue weighted by molar-refractivity contribution is 5.86. The summed E-state index contributed by atoms with van der Waals surface area (Å²) in [6.07, 6.45) is 1.85. The Bertz CT molecular complexity index is 361. The third-order valence-electron chi connectivity index (χ3n) is 3.02. The molecule has 0 aromatic heterocycles. The highest BCUT2D eigenvalue weighted by Gasteiger charge is 2.52. The van der Waals surface area contributed by atoms with Crippen LogP contribution in [-0.2, 0) is 14.9 Å². The zero-order valence-corrected chi connectivity index (χ0v) is 9.25.